The van der Waals surface area contributed by atoms with Gasteiger partial charge in [0.25, 0.3) is 5.69 Å². The lowest BCUT2D eigenvalue weighted by molar-refractivity contribution is -0.384. The Balaban J connectivity index is 1.86. The number of hydrogen-bond acceptors (Lipinski definition) is 8. The molecule has 2 amide bonds. The number of benzene rings is 1. The summed E-state index contributed by atoms with van der Waals surface area (Å²) in [6, 6.07) is 3.06. The molecule has 2 atom stereocenters. The van der Waals surface area contributed by atoms with Crippen LogP contribution in [0.5, 0.6) is 5.75 Å². The van der Waals surface area contributed by atoms with Crippen molar-refractivity contribution in [3.05, 3.63) is 34.4 Å². The number of rotatable bonds is 7. The molecule has 1 fully saturated rings. The fraction of sp³-hybridized carbons (Fsp3) is 0.438. The summed E-state index contributed by atoms with van der Waals surface area (Å²) < 4.78 is 4.98. The van der Waals surface area contributed by atoms with E-state index in [0.717, 1.165) is 0 Å². The first-order valence-electron chi connectivity index (χ1n) is 8.23. The van der Waals surface area contributed by atoms with Gasteiger partial charge >= 0.3 is 5.97 Å². The van der Waals surface area contributed by atoms with E-state index < -0.39 is 47.9 Å². The van der Waals surface area contributed by atoms with Crippen molar-refractivity contribution in [1.82, 2.24) is 10.2 Å². The van der Waals surface area contributed by atoms with Crippen LogP contribution in [0.2, 0.25) is 0 Å². The second-order valence-electron chi connectivity index (χ2n) is 5.92. The van der Waals surface area contributed by atoms with Gasteiger partial charge in [-0.25, -0.2) is 4.79 Å². The molecule has 0 radical (unpaired) electrons. The summed E-state index contributed by atoms with van der Waals surface area (Å²) in [6.45, 7) is -0.608. The number of nitro benzene ring substituents is 1. The average Bonchev–Trinajstić information content (AvgIpc) is 3.15. The molecule has 0 aliphatic carbocycles. The van der Waals surface area contributed by atoms with Crippen LogP contribution < -0.4 is 15.8 Å². The van der Waals surface area contributed by atoms with Gasteiger partial charge in [-0.2, -0.15) is 0 Å². The predicted molar refractivity (Wildman–Crippen MR) is 91.5 cm³/mol. The number of nitro groups is 1. The van der Waals surface area contributed by atoms with Crippen molar-refractivity contribution < 1.29 is 29.2 Å². The van der Waals surface area contributed by atoms with E-state index in [-0.39, 0.29) is 11.4 Å². The van der Waals surface area contributed by atoms with Gasteiger partial charge in [0.2, 0.25) is 11.8 Å². The van der Waals surface area contributed by atoms with Crippen molar-refractivity contribution in [2.75, 3.05) is 19.7 Å². The number of aliphatic hydroxyl groups is 1. The molecule has 146 valence electrons. The van der Waals surface area contributed by atoms with Crippen LogP contribution >= 0.6 is 0 Å². The number of carbonyl (C=O) groups is 3. The first-order chi connectivity index (χ1) is 12.8. The molecule has 1 aliphatic rings. The van der Waals surface area contributed by atoms with Crippen LogP contribution in [0, 0.1) is 10.1 Å². The van der Waals surface area contributed by atoms with E-state index in [0.29, 0.717) is 19.4 Å². The molecule has 0 unspecified atom stereocenters. The van der Waals surface area contributed by atoms with E-state index in [1.54, 1.807) is 0 Å². The molecular formula is C16H20N4O7. The maximum absolute atomic E-state index is 12.3. The van der Waals surface area contributed by atoms with Gasteiger partial charge in [-0.1, -0.05) is 0 Å². The fourth-order valence-electron chi connectivity index (χ4n) is 2.67. The summed E-state index contributed by atoms with van der Waals surface area (Å²) in [5.41, 5.74) is 5.36. The Hall–Kier alpha value is -3.05. The van der Waals surface area contributed by atoms with Crippen molar-refractivity contribution in [3.8, 4) is 5.75 Å². The molecule has 4 N–H and O–H groups in total. The lowest BCUT2D eigenvalue weighted by Crippen LogP contribution is -2.52. The minimum Gasteiger partial charge on any atom is -0.425 e. The standard InChI is InChI=1S/C16H20N4O7/c17-12(9-21)16(24)19-7-1-2-13(19)15(23)18-8-14(22)27-11-5-3-10(4-6-11)20(25)26/h3-6,12-13,21H,1-2,7-9,17H2,(H,18,23)/t12-,13-/m0/s1. The number of hydrogen-bond donors (Lipinski definition) is 3. The Morgan fingerprint density at radius 1 is 1.37 bits per heavy atom. The van der Waals surface area contributed by atoms with E-state index in [2.05, 4.69) is 5.32 Å². The van der Waals surface area contributed by atoms with Crippen molar-refractivity contribution in [1.29, 1.82) is 0 Å². The highest BCUT2D eigenvalue weighted by atomic mass is 16.6. The smallest absolute Gasteiger partial charge is 0.330 e. The van der Waals surface area contributed by atoms with Gasteiger partial charge in [0.05, 0.1) is 11.5 Å². The molecule has 1 aliphatic heterocycles. The van der Waals surface area contributed by atoms with Crippen molar-refractivity contribution in [2.24, 2.45) is 5.73 Å². The number of likely N-dealkylation sites (tertiary alicyclic amines) is 1. The van der Waals surface area contributed by atoms with Gasteiger partial charge < -0.3 is 25.8 Å². The van der Waals surface area contributed by atoms with E-state index in [1.165, 1.54) is 29.2 Å². The first-order valence-corrected chi connectivity index (χ1v) is 8.23. The summed E-state index contributed by atoms with van der Waals surface area (Å²) in [5, 5.41) is 22.0. The second kappa shape index (κ2) is 9.05. The third-order valence-corrected chi connectivity index (χ3v) is 4.04. The summed E-state index contributed by atoms with van der Waals surface area (Å²) in [7, 11) is 0. The van der Waals surface area contributed by atoms with Gasteiger partial charge in [-0.05, 0) is 25.0 Å². The zero-order chi connectivity index (χ0) is 20.0. The maximum Gasteiger partial charge on any atom is 0.330 e. The van der Waals surface area contributed by atoms with Crippen molar-refractivity contribution >= 4 is 23.5 Å². The number of nitrogens with zero attached hydrogens (tertiary/aromatic N) is 2. The number of carbonyl (C=O) groups excluding carboxylic acids is 3. The molecular weight excluding hydrogens is 360 g/mol. The molecule has 1 heterocycles. The summed E-state index contributed by atoms with van der Waals surface area (Å²) in [5.74, 6) is -1.71. The Morgan fingerprint density at radius 3 is 2.63 bits per heavy atom. The molecule has 0 aromatic heterocycles. The average molecular weight is 380 g/mol. The summed E-state index contributed by atoms with van der Waals surface area (Å²) in [6.07, 6.45) is 1.03. The van der Waals surface area contributed by atoms with E-state index in [4.69, 9.17) is 15.6 Å². The van der Waals surface area contributed by atoms with E-state index >= 15 is 0 Å². The minimum absolute atomic E-state index is 0.103. The first kappa shape index (κ1) is 20.3. The summed E-state index contributed by atoms with van der Waals surface area (Å²) >= 11 is 0. The van der Waals surface area contributed by atoms with E-state index in [1.807, 2.05) is 0 Å². The molecule has 0 spiro atoms. The third kappa shape index (κ3) is 5.21. The van der Waals surface area contributed by atoms with Gasteiger partial charge in [0, 0.05) is 18.7 Å². The van der Waals surface area contributed by atoms with Crippen molar-refractivity contribution in [3.63, 3.8) is 0 Å². The largest absolute Gasteiger partial charge is 0.425 e. The molecule has 11 nitrogen and oxygen atoms in total. The Bertz CT molecular complexity index is 722. The van der Waals surface area contributed by atoms with Crippen LogP contribution in [-0.4, -0.2) is 64.5 Å². The maximum atomic E-state index is 12.3. The molecule has 11 heteroatoms. The lowest BCUT2D eigenvalue weighted by Gasteiger charge is -2.25. The highest BCUT2D eigenvalue weighted by molar-refractivity contribution is 5.91. The Labute approximate surface area is 154 Å². The van der Waals surface area contributed by atoms with Crippen LogP contribution in [0.15, 0.2) is 24.3 Å². The van der Waals surface area contributed by atoms with Gasteiger partial charge in [0.15, 0.2) is 0 Å². The molecule has 0 saturated carbocycles. The molecule has 1 aromatic carbocycles. The number of ether oxygens (including phenoxy) is 1. The predicted octanol–water partition coefficient (Wildman–Crippen LogP) is -1.07. The lowest BCUT2D eigenvalue weighted by atomic mass is 10.2. The van der Waals surface area contributed by atoms with Crippen LogP contribution in [0.4, 0.5) is 5.69 Å². The van der Waals surface area contributed by atoms with Crippen LogP contribution in [0.25, 0.3) is 0 Å². The highest BCUT2D eigenvalue weighted by Gasteiger charge is 2.36. The van der Waals surface area contributed by atoms with Gasteiger partial charge in [-0.15, -0.1) is 0 Å². The quantitative estimate of drug-likeness (QED) is 0.233. The third-order valence-electron chi connectivity index (χ3n) is 4.04. The number of amides is 2. The summed E-state index contributed by atoms with van der Waals surface area (Å²) in [4.78, 5) is 47.4. The van der Waals surface area contributed by atoms with Gasteiger partial charge in [0.1, 0.15) is 24.4 Å². The molecule has 27 heavy (non-hydrogen) atoms. The monoisotopic (exact) mass is 380 g/mol. The van der Waals surface area contributed by atoms with Crippen LogP contribution in [-0.2, 0) is 14.4 Å². The number of nitrogens with two attached hydrogens (primary N) is 1. The molecule has 2 rings (SSSR count). The Morgan fingerprint density at radius 2 is 2.04 bits per heavy atom. The zero-order valence-corrected chi connectivity index (χ0v) is 14.4. The SMILES string of the molecule is N[C@@H](CO)C(=O)N1CCC[C@H]1C(=O)NCC(=O)Oc1ccc([N+](=O)[O-])cc1. The van der Waals surface area contributed by atoms with Crippen LogP contribution in [0.1, 0.15) is 12.8 Å². The number of aliphatic hydroxyl groups excluding tert-OH is 1. The topological polar surface area (TPSA) is 165 Å². The van der Waals surface area contributed by atoms with Crippen LogP contribution in [0.3, 0.4) is 0 Å². The molecule has 1 aromatic rings. The Kier molecular flexibility index (Phi) is 6.79. The minimum atomic E-state index is -1.09. The van der Waals surface area contributed by atoms with E-state index in [9.17, 15) is 24.5 Å². The van der Waals surface area contributed by atoms with Crippen molar-refractivity contribution in [2.45, 2.75) is 24.9 Å². The molecule has 1 saturated heterocycles. The number of esters is 1. The zero-order valence-electron chi connectivity index (χ0n) is 14.4. The second-order valence-corrected chi connectivity index (χ2v) is 5.92. The normalized spacial score (nSPS) is 17.3. The van der Waals surface area contributed by atoms with Gasteiger partial charge in [-0.3, -0.25) is 19.7 Å². The molecule has 0 bridgehead atoms. The highest BCUT2D eigenvalue weighted by Crippen LogP contribution is 2.19. The fourth-order valence-corrected chi connectivity index (χ4v) is 2.67. The number of nitrogens with one attached hydrogen (secondary N) is 1. The number of non-ortho nitro benzene ring substituents is 1.